The lowest BCUT2D eigenvalue weighted by atomic mass is 10.2. The number of sulfonamides is 1. The summed E-state index contributed by atoms with van der Waals surface area (Å²) in [7, 11) is -1.99. The average Bonchev–Trinajstić information content (AvgIpc) is 3.02. The maximum absolute atomic E-state index is 12.6. The Morgan fingerprint density at radius 3 is 2.44 bits per heavy atom. The molecule has 0 unspecified atom stereocenters. The molecule has 0 atom stereocenters. The lowest BCUT2D eigenvalue weighted by Gasteiger charge is -2.33. The van der Waals surface area contributed by atoms with Crippen molar-refractivity contribution >= 4 is 16.0 Å². The van der Waals surface area contributed by atoms with Crippen LogP contribution in [0, 0.1) is 6.92 Å². The van der Waals surface area contributed by atoms with Crippen LogP contribution in [-0.4, -0.2) is 56.9 Å². The molecule has 1 aromatic carbocycles. The molecule has 8 heteroatoms. The molecule has 1 fully saturated rings. The van der Waals surface area contributed by atoms with E-state index in [-0.39, 0.29) is 5.75 Å². The molecular formula is C19H24N2O5S. The summed E-state index contributed by atoms with van der Waals surface area (Å²) >= 11 is 0. The fourth-order valence-electron chi connectivity index (χ4n) is 3.20. The van der Waals surface area contributed by atoms with Crippen LogP contribution in [0.15, 0.2) is 40.8 Å². The third-order valence-corrected chi connectivity index (χ3v) is 6.52. The number of hydrogen-bond acceptors (Lipinski definition) is 6. The molecular weight excluding hydrogens is 368 g/mol. The Morgan fingerprint density at radius 2 is 1.81 bits per heavy atom. The SMILES string of the molecule is COC(=O)c1cc(CN2CCN(S(=O)(=O)Cc3ccccc3)CC2)oc1C. The number of esters is 1. The maximum Gasteiger partial charge on any atom is 0.341 e. The number of furan rings is 1. The number of benzene rings is 1. The first-order valence-corrected chi connectivity index (χ1v) is 10.4. The van der Waals surface area contributed by atoms with Crippen molar-refractivity contribution in [3.8, 4) is 0 Å². The van der Waals surface area contributed by atoms with E-state index in [2.05, 4.69) is 4.90 Å². The van der Waals surface area contributed by atoms with Gasteiger partial charge in [-0.2, -0.15) is 4.31 Å². The molecule has 7 nitrogen and oxygen atoms in total. The molecule has 0 amide bonds. The van der Waals surface area contributed by atoms with Crippen molar-refractivity contribution in [1.82, 2.24) is 9.21 Å². The molecule has 1 saturated heterocycles. The van der Waals surface area contributed by atoms with Gasteiger partial charge in [-0.15, -0.1) is 0 Å². The highest BCUT2D eigenvalue weighted by Gasteiger charge is 2.27. The number of rotatable bonds is 6. The molecule has 0 saturated carbocycles. The molecule has 0 aliphatic carbocycles. The van der Waals surface area contributed by atoms with Crippen molar-refractivity contribution in [3.05, 3.63) is 59.0 Å². The Labute approximate surface area is 159 Å². The van der Waals surface area contributed by atoms with E-state index in [4.69, 9.17) is 9.15 Å². The fourth-order valence-corrected chi connectivity index (χ4v) is 4.71. The number of carbonyl (C=O) groups excluding carboxylic acids is 1. The van der Waals surface area contributed by atoms with Crippen LogP contribution in [0.3, 0.4) is 0 Å². The van der Waals surface area contributed by atoms with Gasteiger partial charge in [-0.05, 0) is 18.6 Å². The molecule has 1 aromatic heterocycles. The van der Waals surface area contributed by atoms with Gasteiger partial charge < -0.3 is 9.15 Å². The van der Waals surface area contributed by atoms with Crippen LogP contribution in [-0.2, 0) is 27.1 Å². The highest BCUT2D eigenvalue weighted by Crippen LogP contribution is 2.19. The normalized spacial score (nSPS) is 16.4. The second-order valence-electron chi connectivity index (χ2n) is 6.59. The molecule has 27 heavy (non-hydrogen) atoms. The molecule has 0 bridgehead atoms. The fraction of sp³-hybridized carbons (Fsp3) is 0.421. The average molecular weight is 392 g/mol. The largest absolute Gasteiger partial charge is 0.465 e. The van der Waals surface area contributed by atoms with Crippen LogP contribution in [0.5, 0.6) is 0 Å². The van der Waals surface area contributed by atoms with E-state index in [9.17, 15) is 13.2 Å². The van der Waals surface area contributed by atoms with Crippen LogP contribution in [0.25, 0.3) is 0 Å². The van der Waals surface area contributed by atoms with Gasteiger partial charge in [0.1, 0.15) is 17.1 Å². The lowest BCUT2D eigenvalue weighted by Crippen LogP contribution is -2.48. The second-order valence-corrected chi connectivity index (χ2v) is 8.56. The Morgan fingerprint density at radius 1 is 1.15 bits per heavy atom. The molecule has 0 radical (unpaired) electrons. The van der Waals surface area contributed by atoms with Crippen LogP contribution >= 0.6 is 0 Å². The number of aryl methyl sites for hydroxylation is 1. The number of methoxy groups -OCH3 is 1. The predicted octanol–water partition coefficient (Wildman–Crippen LogP) is 2.02. The molecule has 0 spiro atoms. The summed E-state index contributed by atoms with van der Waals surface area (Å²) in [6.45, 7) is 4.37. The minimum atomic E-state index is -3.33. The molecule has 146 valence electrons. The first kappa shape index (κ1) is 19.6. The first-order chi connectivity index (χ1) is 12.9. The standard InChI is InChI=1S/C19H24N2O5S/c1-15-18(19(22)25-2)12-17(26-15)13-20-8-10-21(11-9-20)27(23,24)14-16-6-4-3-5-7-16/h3-7,12H,8-11,13-14H2,1-2H3. The monoisotopic (exact) mass is 392 g/mol. The molecule has 1 aliphatic heterocycles. The maximum atomic E-state index is 12.6. The number of carbonyl (C=O) groups is 1. The third kappa shape index (κ3) is 4.77. The Hall–Kier alpha value is -2.16. The Balaban J connectivity index is 1.57. The van der Waals surface area contributed by atoms with Gasteiger partial charge in [0.25, 0.3) is 0 Å². The van der Waals surface area contributed by atoms with E-state index in [0.29, 0.717) is 49.8 Å². The van der Waals surface area contributed by atoms with Crippen molar-refractivity contribution in [2.75, 3.05) is 33.3 Å². The summed E-state index contributed by atoms with van der Waals surface area (Å²) in [5, 5.41) is 0. The highest BCUT2D eigenvalue weighted by atomic mass is 32.2. The van der Waals surface area contributed by atoms with Gasteiger partial charge in [0.15, 0.2) is 0 Å². The van der Waals surface area contributed by atoms with Crippen LogP contribution in [0.2, 0.25) is 0 Å². The van der Waals surface area contributed by atoms with Crippen LogP contribution in [0.1, 0.15) is 27.4 Å². The van der Waals surface area contributed by atoms with E-state index in [0.717, 1.165) is 5.56 Å². The molecule has 2 aromatic rings. The van der Waals surface area contributed by atoms with Crippen molar-refractivity contribution in [2.24, 2.45) is 0 Å². The summed E-state index contributed by atoms with van der Waals surface area (Å²) < 4.78 is 37.1. The lowest BCUT2D eigenvalue weighted by molar-refractivity contribution is 0.0599. The predicted molar refractivity (Wildman–Crippen MR) is 101 cm³/mol. The minimum absolute atomic E-state index is 0.0215. The van der Waals surface area contributed by atoms with E-state index in [1.807, 2.05) is 30.3 Å². The van der Waals surface area contributed by atoms with Gasteiger partial charge in [-0.3, -0.25) is 4.90 Å². The second kappa shape index (κ2) is 8.24. The topological polar surface area (TPSA) is 80.1 Å². The van der Waals surface area contributed by atoms with Crippen molar-refractivity contribution in [3.63, 3.8) is 0 Å². The number of nitrogens with zero attached hydrogens (tertiary/aromatic N) is 2. The quantitative estimate of drug-likeness (QED) is 0.700. The summed E-state index contributed by atoms with van der Waals surface area (Å²) in [5.41, 5.74) is 1.22. The van der Waals surface area contributed by atoms with Crippen LogP contribution in [0.4, 0.5) is 0 Å². The van der Waals surface area contributed by atoms with Gasteiger partial charge in [-0.25, -0.2) is 13.2 Å². The highest BCUT2D eigenvalue weighted by molar-refractivity contribution is 7.88. The van der Waals surface area contributed by atoms with E-state index < -0.39 is 16.0 Å². The van der Waals surface area contributed by atoms with E-state index in [1.54, 1.807) is 17.3 Å². The Kier molecular flexibility index (Phi) is 5.98. The molecule has 0 N–H and O–H groups in total. The van der Waals surface area contributed by atoms with Gasteiger partial charge in [0.05, 0.1) is 19.4 Å². The van der Waals surface area contributed by atoms with Gasteiger partial charge in [0.2, 0.25) is 10.0 Å². The number of piperazine rings is 1. The number of hydrogen-bond donors (Lipinski definition) is 0. The Bertz CT molecular complexity index is 884. The summed E-state index contributed by atoms with van der Waals surface area (Å²) in [5.74, 6) is 0.807. The number of ether oxygens (including phenoxy) is 1. The summed E-state index contributed by atoms with van der Waals surface area (Å²) in [6.07, 6.45) is 0. The first-order valence-electron chi connectivity index (χ1n) is 8.81. The van der Waals surface area contributed by atoms with Gasteiger partial charge in [-0.1, -0.05) is 30.3 Å². The molecule has 1 aliphatic rings. The van der Waals surface area contributed by atoms with Gasteiger partial charge >= 0.3 is 5.97 Å². The molecule has 3 rings (SSSR count). The van der Waals surface area contributed by atoms with Gasteiger partial charge in [0, 0.05) is 26.2 Å². The van der Waals surface area contributed by atoms with Crippen molar-refractivity contribution in [1.29, 1.82) is 0 Å². The van der Waals surface area contributed by atoms with Crippen molar-refractivity contribution < 1.29 is 22.4 Å². The zero-order chi connectivity index (χ0) is 19.4. The smallest absolute Gasteiger partial charge is 0.341 e. The summed E-state index contributed by atoms with van der Waals surface area (Å²) in [6, 6.07) is 10.9. The zero-order valence-corrected chi connectivity index (χ0v) is 16.4. The van der Waals surface area contributed by atoms with E-state index in [1.165, 1.54) is 7.11 Å². The molecule has 2 heterocycles. The van der Waals surface area contributed by atoms with Crippen molar-refractivity contribution in [2.45, 2.75) is 19.2 Å². The van der Waals surface area contributed by atoms with Crippen LogP contribution < -0.4 is 0 Å². The minimum Gasteiger partial charge on any atom is -0.465 e. The van der Waals surface area contributed by atoms with E-state index >= 15 is 0 Å². The zero-order valence-electron chi connectivity index (χ0n) is 15.6. The summed E-state index contributed by atoms with van der Waals surface area (Å²) in [4.78, 5) is 13.8. The third-order valence-electron chi connectivity index (χ3n) is 4.67.